The van der Waals surface area contributed by atoms with Crippen LogP contribution >= 0.6 is 0 Å². The van der Waals surface area contributed by atoms with Gasteiger partial charge in [0.1, 0.15) is 25.0 Å². The molecule has 0 aliphatic rings. The van der Waals surface area contributed by atoms with Gasteiger partial charge in [-0.25, -0.2) is 19.3 Å². The molecule has 0 spiro atoms. The molecule has 0 aliphatic heterocycles. The molecule has 0 saturated carbocycles. The molecule has 0 radical (unpaired) electrons. The molecule has 25 heavy (non-hydrogen) atoms. The predicted octanol–water partition coefficient (Wildman–Crippen LogP) is 1.78. The van der Waals surface area contributed by atoms with Crippen molar-refractivity contribution in [3.05, 3.63) is 59.7 Å². The normalized spacial score (nSPS) is 12.4. The Balaban J connectivity index is 1.77. The standard InChI is InChI=1S/C18H24N6O/c1-3-16(25)10-24-18(9-8-15-7-5-4-6-14(15)2)21-17(22-24)11-23-13-19-12-20-23/h4-7,12-13,16,25H,3,8-11H2,1-2H3. The molecule has 3 rings (SSSR count). The maximum Gasteiger partial charge on any atom is 0.172 e. The predicted molar refractivity (Wildman–Crippen MR) is 94.0 cm³/mol. The Morgan fingerprint density at radius 1 is 1.20 bits per heavy atom. The lowest BCUT2D eigenvalue weighted by atomic mass is 10.0. The van der Waals surface area contributed by atoms with Gasteiger partial charge in [0.15, 0.2) is 5.82 Å². The smallest absolute Gasteiger partial charge is 0.172 e. The maximum atomic E-state index is 10.0. The second kappa shape index (κ2) is 8.02. The van der Waals surface area contributed by atoms with Crippen LogP contribution in [0.2, 0.25) is 0 Å². The summed E-state index contributed by atoms with van der Waals surface area (Å²) in [5.74, 6) is 1.58. The topological polar surface area (TPSA) is 81.6 Å². The van der Waals surface area contributed by atoms with Gasteiger partial charge >= 0.3 is 0 Å². The third-order valence-electron chi connectivity index (χ3n) is 4.30. The molecule has 0 aliphatic carbocycles. The van der Waals surface area contributed by atoms with Crippen molar-refractivity contribution in [1.29, 1.82) is 0 Å². The van der Waals surface area contributed by atoms with Crippen molar-refractivity contribution in [2.75, 3.05) is 0 Å². The molecule has 0 fully saturated rings. The van der Waals surface area contributed by atoms with E-state index in [9.17, 15) is 5.11 Å². The maximum absolute atomic E-state index is 10.0. The number of aliphatic hydroxyl groups is 1. The van der Waals surface area contributed by atoms with Crippen LogP contribution < -0.4 is 0 Å². The third kappa shape index (κ3) is 4.51. The highest BCUT2D eigenvalue weighted by molar-refractivity contribution is 5.26. The molecule has 2 aromatic heterocycles. The third-order valence-corrected chi connectivity index (χ3v) is 4.30. The van der Waals surface area contributed by atoms with Crippen molar-refractivity contribution in [2.24, 2.45) is 0 Å². The first-order valence-corrected chi connectivity index (χ1v) is 8.63. The number of aliphatic hydroxyl groups excluding tert-OH is 1. The minimum Gasteiger partial charge on any atom is -0.391 e. The lowest BCUT2D eigenvalue weighted by Crippen LogP contribution is -2.18. The molecule has 1 aromatic carbocycles. The van der Waals surface area contributed by atoms with Crippen molar-refractivity contribution in [1.82, 2.24) is 29.5 Å². The minimum atomic E-state index is -0.418. The van der Waals surface area contributed by atoms with E-state index in [1.165, 1.54) is 17.5 Å². The van der Waals surface area contributed by atoms with Crippen LogP contribution in [0.25, 0.3) is 0 Å². The fourth-order valence-electron chi connectivity index (χ4n) is 2.75. The summed E-state index contributed by atoms with van der Waals surface area (Å²) in [5.41, 5.74) is 2.59. The van der Waals surface area contributed by atoms with Crippen molar-refractivity contribution >= 4 is 0 Å². The van der Waals surface area contributed by atoms with E-state index < -0.39 is 6.10 Å². The van der Waals surface area contributed by atoms with E-state index in [-0.39, 0.29) is 0 Å². The number of hydrogen-bond donors (Lipinski definition) is 1. The molecule has 2 heterocycles. The molecule has 7 nitrogen and oxygen atoms in total. The Labute approximate surface area is 147 Å². The summed E-state index contributed by atoms with van der Waals surface area (Å²) in [5, 5.41) is 18.7. The summed E-state index contributed by atoms with van der Waals surface area (Å²) in [6, 6.07) is 8.38. The van der Waals surface area contributed by atoms with Gasteiger partial charge in [-0.15, -0.1) is 0 Å². The average molecular weight is 340 g/mol. The Morgan fingerprint density at radius 3 is 2.76 bits per heavy atom. The highest BCUT2D eigenvalue weighted by Gasteiger charge is 2.14. The van der Waals surface area contributed by atoms with Crippen molar-refractivity contribution in [3.8, 4) is 0 Å². The average Bonchev–Trinajstić information content (AvgIpc) is 3.24. The zero-order chi connectivity index (χ0) is 17.6. The number of benzene rings is 1. The van der Waals surface area contributed by atoms with E-state index in [1.54, 1.807) is 11.0 Å². The van der Waals surface area contributed by atoms with Crippen LogP contribution in [0.5, 0.6) is 0 Å². The molecule has 7 heteroatoms. The van der Waals surface area contributed by atoms with E-state index >= 15 is 0 Å². The van der Waals surface area contributed by atoms with Gasteiger partial charge in [0.25, 0.3) is 0 Å². The SMILES string of the molecule is CCC(O)Cn1nc(Cn2cncn2)nc1CCc1ccccc1C. The fourth-order valence-corrected chi connectivity index (χ4v) is 2.75. The molecule has 0 bridgehead atoms. The van der Waals surface area contributed by atoms with E-state index in [0.717, 1.165) is 18.7 Å². The van der Waals surface area contributed by atoms with Gasteiger partial charge in [-0.1, -0.05) is 31.2 Å². The van der Waals surface area contributed by atoms with Gasteiger partial charge in [0, 0.05) is 6.42 Å². The van der Waals surface area contributed by atoms with Crippen LogP contribution in [0.1, 0.15) is 36.1 Å². The lowest BCUT2D eigenvalue weighted by Gasteiger charge is -2.10. The largest absolute Gasteiger partial charge is 0.391 e. The summed E-state index contributed by atoms with van der Waals surface area (Å²) in [6.45, 7) is 5.03. The van der Waals surface area contributed by atoms with Gasteiger partial charge in [-0.05, 0) is 30.9 Å². The van der Waals surface area contributed by atoms with Gasteiger partial charge in [0.05, 0.1) is 12.6 Å². The van der Waals surface area contributed by atoms with E-state index in [0.29, 0.717) is 25.3 Å². The van der Waals surface area contributed by atoms with Crippen molar-refractivity contribution in [3.63, 3.8) is 0 Å². The molecular weight excluding hydrogens is 316 g/mol. The zero-order valence-electron chi connectivity index (χ0n) is 14.7. The molecule has 0 amide bonds. The van der Waals surface area contributed by atoms with Crippen LogP contribution in [-0.2, 0) is 25.9 Å². The zero-order valence-corrected chi connectivity index (χ0v) is 14.7. The first kappa shape index (κ1) is 17.3. The minimum absolute atomic E-state index is 0.418. The molecular formula is C18H24N6O. The second-order valence-corrected chi connectivity index (χ2v) is 6.21. The van der Waals surface area contributed by atoms with E-state index in [2.05, 4.69) is 51.4 Å². The number of aryl methyl sites for hydroxylation is 3. The second-order valence-electron chi connectivity index (χ2n) is 6.21. The molecule has 1 atom stereocenters. The quantitative estimate of drug-likeness (QED) is 0.676. The van der Waals surface area contributed by atoms with E-state index in [1.807, 2.05) is 11.6 Å². The fraction of sp³-hybridized carbons (Fsp3) is 0.444. The first-order chi connectivity index (χ1) is 12.2. The first-order valence-electron chi connectivity index (χ1n) is 8.63. The van der Waals surface area contributed by atoms with Crippen LogP contribution in [0, 0.1) is 6.92 Å². The van der Waals surface area contributed by atoms with Crippen LogP contribution in [0.15, 0.2) is 36.9 Å². The molecule has 132 valence electrons. The Kier molecular flexibility index (Phi) is 5.55. The van der Waals surface area contributed by atoms with Crippen molar-refractivity contribution in [2.45, 2.75) is 52.3 Å². The van der Waals surface area contributed by atoms with Gasteiger partial charge in [0.2, 0.25) is 0 Å². The van der Waals surface area contributed by atoms with Gasteiger partial charge in [-0.2, -0.15) is 10.2 Å². The summed E-state index contributed by atoms with van der Waals surface area (Å²) in [7, 11) is 0. The molecule has 0 saturated heterocycles. The summed E-state index contributed by atoms with van der Waals surface area (Å²) in [4.78, 5) is 8.61. The highest BCUT2D eigenvalue weighted by atomic mass is 16.3. The Hall–Kier alpha value is -2.54. The molecule has 1 unspecified atom stereocenters. The monoisotopic (exact) mass is 340 g/mol. The van der Waals surface area contributed by atoms with Gasteiger partial charge < -0.3 is 5.11 Å². The lowest BCUT2D eigenvalue weighted by molar-refractivity contribution is 0.143. The van der Waals surface area contributed by atoms with Gasteiger partial charge in [-0.3, -0.25) is 0 Å². The number of nitrogens with zero attached hydrogens (tertiary/aromatic N) is 6. The number of rotatable bonds is 8. The molecule has 1 N–H and O–H groups in total. The summed E-state index contributed by atoms with van der Waals surface area (Å²) >= 11 is 0. The summed E-state index contributed by atoms with van der Waals surface area (Å²) < 4.78 is 3.53. The van der Waals surface area contributed by atoms with Crippen molar-refractivity contribution < 1.29 is 5.11 Å². The summed E-state index contributed by atoms with van der Waals surface area (Å²) in [6.07, 6.45) is 5.10. The van der Waals surface area contributed by atoms with Crippen LogP contribution in [0.3, 0.4) is 0 Å². The Bertz CT molecular complexity index is 796. The highest BCUT2D eigenvalue weighted by Crippen LogP contribution is 2.12. The van der Waals surface area contributed by atoms with Crippen LogP contribution in [0.4, 0.5) is 0 Å². The Morgan fingerprint density at radius 2 is 2.04 bits per heavy atom. The molecule has 3 aromatic rings. The number of aromatic nitrogens is 6. The number of hydrogen-bond acceptors (Lipinski definition) is 5. The van der Waals surface area contributed by atoms with E-state index in [4.69, 9.17) is 0 Å². The van der Waals surface area contributed by atoms with Crippen LogP contribution in [-0.4, -0.2) is 40.7 Å².